The summed E-state index contributed by atoms with van der Waals surface area (Å²) in [7, 11) is 0. The molecule has 0 spiro atoms. The van der Waals surface area contributed by atoms with Gasteiger partial charge in [0, 0.05) is 27.6 Å². The maximum atomic E-state index is 6.06. The number of aliphatic imine (C=N–C) groups is 1. The van der Waals surface area contributed by atoms with Crippen molar-refractivity contribution in [2.24, 2.45) is 10.7 Å². The molecule has 0 bridgehead atoms. The third-order valence-electron chi connectivity index (χ3n) is 3.18. The van der Waals surface area contributed by atoms with E-state index in [2.05, 4.69) is 25.9 Å². The lowest BCUT2D eigenvalue weighted by Gasteiger charge is -2.26. The van der Waals surface area contributed by atoms with Gasteiger partial charge in [0.1, 0.15) is 0 Å². The third kappa shape index (κ3) is 2.51. The summed E-state index contributed by atoms with van der Waals surface area (Å²) in [6, 6.07) is 9.66. The van der Waals surface area contributed by atoms with Crippen molar-refractivity contribution in [2.75, 3.05) is 11.4 Å². The SMILES string of the molecule is NC1=NCC(c2cncc(Br)c2)N1c1cccc(Cl)c1. The highest BCUT2D eigenvalue weighted by molar-refractivity contribution is 9.10. The topological polar surface area (TPSA) is 54.5 Å². The Labute approximate surface area is 130 Å². The molecule has 6 heteroatoms. The van der Waals surface area contributed by atoms with Crippen molar-refractivity contribution in [1.29, 1.82) is 0 Å². The summed E-state index contributed by atoms with van der Waals surface area (Å²) in [4.78, 5) is 10.5. The first kappa shape index (κ1) is 13.4. The van der Waals surface area contributed by atoms with Gasteiger partial charge in [0.15, 0.2) is 5.96 Å². The van der Waals surface area contributed by atoms with Crippen LogP contribution in [0.4, 0.5) is 5.69 Å². The Morgan fingerprint density at radius 1 is 1.30 bits per heavy atom. The van der Waals surface area contributed by atoms with Crippen LogP contribution < -0.4 is 10.6 Å². The number of anilines is 1. The van der Waals surface area contributed by atoms with E-state index in [0.29, 0.717) is 17.5 Å². The molecular weight excluding hydrogens is 340 g/mol. The van der Waals surface area contributed by atoms with Crippen LogP contribution in [-0.2, 0) is 0 Å². The predicted molar refractivity (Wildman–Crippen MR) is 85.1 cm³/mol. The monoisotopic (exact) mass is 350 g/mol. The zero-order valence-electron chi connectivity index (χ0n) is 10.5. The van der Waals surface area contributed by atoms with Crippen molar-refractivity contribution in [3.63, 3.8) is 0 Å². The summed E-state index contributed by atoms with van der Waals surface area (Å²) in [6.45, 7) is 0.608. The highest BCUT2D eigenvalue weighted by Gasteiger charge is 2.29. The Hall–Kier alpha value is -1.59. The van der Waals surface area contributed by atoms with Gasteiger partial charge in [-0.2, -0.15) is 0 Å². The van der Waals surface area contributed by atoms with E-state index in [1.165, 1.54) is 0 Å². The number of pyridine rings is 1. The summed E-state index contributed by atoms with van der Waals surface area (Å²) in [6.07, 6.45) is 3.59. The van der Waals surface area contributed by atoms with Crippen molar-refractivity contribution in [3.05, 3.63) is 57.8 Å². The predicted octanol–water partition coefficient (Wildman–Crippen LogP) is 3.37. The van der Waals surface area contributed by atoms with Gasteiger partial charge in [-0.15, -0.1) is 0 Å². The molecule has 1 aromatic heterocycles. The van der Waals surface area contributed by atoms with Crippen molar-refractivity contribution in [1.82, 2.24) is 4.98 Å². The molecule has 2 heterocycles. The smallest absolute Gasteiger partial charge is 0.196 e. The molecule has 4 nitrogen and oxygen atoms in total. The second-order valence-corrected chi connectivity index (χ2v) is 5.85. The van der Waals surface area contributed by atoms with Gasteiger partial charge in [0.2, 0.25) is 0 Å². The average Bonchev–Trinajstić information content (AvgIpc) is 2.80. The molecule has 1 aromatic carbocycles. The van der Waals surface area contributed by atoms with Crippen LogP contribution in [0.3, 0.4) is 0 Å². The van der Waals surface area contributed by atoms with Crippen LogP contribution in [0.1, 0.15) is 11.6 Å². The molecule has 0 saturated carbocycles. The molecule has 3 rings (SSSR count). The third-order valence-corrected chi connectivity index (χ3v) is 3.85. The maximum Gasteiger partial charge on any atom is 0.196 e. The van der Waals surface area contributed by atoms with Crippen LogP contribution in [0, 0.1) is 0 Å². The summed E-state index contributed by atoms with van der Waals surface area (Å²) in [5, 5.41) is 0.674. The number of benzene rings is 1. The minimum absolute atomic E-state index is 0.0402. The Balaban J connectivity index is 2.00. The Morgan fingerprint density at radius 3 is 2.90 bits per heavy atom. The fourth-order valence-electron chi connectivity index (χ4n) is 2.30. The lowest BCUT2D eigenvalue weighted by atomic mass is 10.1. The zero-order chi connectivity index (χ0) is 14.1. The van der Waals surface area contributed by atoms with E-state index in [4.69, 9.17) is 17.3 Å². The second-order valence-electron chi connectivity index (χ2n) is 4.50. The molecule has 1 atom stereocenters. The van der Waals surface area contributed by atoms with Gasteiger partial charge in [-0.1, -0.05) is 17.7 Å². The lowest BCUT2D eigenvalue weighted by Crippen LogP contribution is -2.36. The average molecular weight is 352 g/mol. The normalized spacial score (nSPS) is 18.2. The van der Waals surface area contributed by atoms with Gasteiger partial charge in [-0.25, -0.2) is 0 Å². The van der Waals surface area contributed by atoms with E-state index in [-0.39, 0.29) is 6.04 Å². The number of halogens is 2. The fourth-order valence-corrected chi connectivity index (χ4v) is 2.87. The van der Waals surface area contributed by atoms with Gasteiger partial charge >= 0.3 is 0 Å². The first-order valence-electron chi connectivity index (χ1n) is 6.10. The molecule has 2 aromatic rings. The fraction of sp³-hybridized carbons (Fsp3) is 0.143. The molecule has 0 radical (unpaired) electrons. The van der Waals surface area contributed by atoms with E-state index >= 15 is 0 Å². The molecule has 0 aliphatic carbocycles. The van der Waals surface area contributed by atoms with Crippen molar-refractivity contribution in [2.45, 2.75) is 6.04 Å². The van der Waals surface area contributed by atoms with Gasteiger partial charge < -0.3 is 10.6 Å². The van der Waals surface area contributed by atoms with E-state index < -0.39 is 0 Å². The summed E-state index contributed by atoms with van der Waals surface area (Å²) in [5.74, 6) is 0.497. The van der Waals surface area contributed by atoms with Crippen molar-refractivity contribution < 1.29 is 0 Å². The number of aromatic nitrogens is 1. The minimum Gasteiger partial charge on any atom is -0.369 e. The number of nitrogens with zero attached hydrogens (tertiary/aromatic N) is 3. The highest BCUT2D eigenvalue weighted by atomic mass is 79.9. The quantitative estimate of drug-likeness (QED) is 0.902. The van der Waals surface area contributed by atoms with Gasteiger partial charge in [-0.05, 0) is 45.8 Å². The maximum absolute atomic E-state index is 6.06. The molecule has 0 saturated heterocycles. The molecule has 1 unspecified atom stereocenters. The summed E-state index contributed by atoms with van der Waals surface area (Å²) < 4.78 is 0.937. The van der Waals surface area contributed by atoms with E-state index in [9.17, 15) is 0 Å². The summed E-state index contributed by atoms with van der Waals surface area (Å²) >= 11 is 9.50. The molecule has 1 aliphatic heterocycles. The van der Waals surface area contributed by atoms with E-state index in [1.54, 1.807) is 6.20 Å². The van der Waals surface area contributed by atoms with Crippen LogP contribution in [0.25, 0.3) is 0 Å². The van der Waals surface area contributed by atoms with Crippen LogP contribution >= 0.6 is 27.5 Å². The van der Waals surface area contributed by atoms with Crippen molar-refractivity contribution in [3.8, 4) is 0 Å². The number of hydrogen-bond acceptors (Lipinski definition) is 4. The second kappa shape index (κ2) is 5.42. The van der Waals surface area contributed by atoms with Gasteiger partial charge in [-0.3, -0.25) is 9.98 Å². The van der Waals surface area contributed by atoms with Crippen LogP contribution in [0.5, 0.6) is 0 Å². The van der Waals surface area contributed by atoms with E-state index in [0.717, 1.165) is 15.7 Å². The first-order chi connectivity index (χ1) is 9.65. The van der Waals surface area contributed by atoms with Crippen LogP contribution in [0.2, 0.25) is 5.02 Å². The van der Waals surface area contributed by atoms with Crippen LogP contribution in [-0.4, -0.2) is 17.5 Å². The molecular formula is C14H12BrClN4. The first-order valence-corrected chi connectivity index (χ1v) is 7.27. The Kier molecular flexibility index (Phi) is 3.63. The zero-order valence-corrected chi connectivity index (χ0v) is 12.8. The lowest BCUT2D eigenvalue weighted by molar-refractivity contribution is 0.763. The highest BCUT2D eigenvalue weighted by Crippen LogP contribution is 2.32. The molecule has 20 heavy (non-hydrogen) atoms. The molecule has 1 aliphatic rings. The van der Waals surface area contributed by atoms with Gasteiger partial charge in [0.25, 0.3) is 0 Å². The minimum atomic E-state index is 0.0402. The standard InChI is InChI=1S/C14H12BrClN4/c15-10-4-9(6-18-7-10)13-8-19-14(17)20(13)12-3-1-2-11(16)5-12/h1-7,13H,8H2,(H2,17,19). The molecule has 0 fully saturated rings. The van der Waals surface area contributed by atoms with E-state index in [1.807, 2.05) is 41.4 Å². The largest absolute Gasteiger partial charge is 0.369 e. The summed E-state index contributed by atoms with van der Waals surface area (Å²) in [5.41, 5.74) is 8.02. The van der Waals surface area contributed by atoms with Crippen LogP contribution in [0.15, 0.2) is 52.2 Å². The number of rotatable bonds is 2. The van der Waals surface area contributed by atoms with Crippen molar-refractivity contribution >= 4 is 39.2 Å². The number of nitrogens with two attached hydrogens (primary N) is 1. The Bertz CT molecular complexity index is 674. The molecule has 102 valence electrons. The molecule has 0 amide bonds. The number of guanidine groups is 1. The van der Waals surface area contributed by atoms with Gasteiger partial charge in [0.05, 0.1) is 12.6 Å². The number of hydrogen-bond donors (Lipinski definition) is 1. The Morgan fingerprint density at radius 2 is 2.15 bits per heavy atom. The molecule has 2 N–H and O–H groups in total.